The van der Waals surface area contributed by atoms with E-state index in [4.69, 9.17) is 21.1 Å². The van der Waals surface area contributed by atoms with Gasteiger partial charge < -0.3 is 9.47 Å². The van der Waals surface area contributed by atoms with E-state index in [0.717, 1.165) is 18.2 Å². The molecule has 0 aromatic rings. The van der Waals surface area contributed by atoms with Gasteiger partial charge in [-0.2, -0.15) is 0 Å². The number of ether oxygens (including phenoxy) is 2. The fraction of sp³-hybridized carbons (Fsp3) is 0.571. The standard InChI is InChI=1S/C8H16O2.C6H3Cl/c1-2-3-4-8-5-9-7-10-6-8;7-6-3-4-1-2-5(4)6/h8H,2-7H2,1H3;1-3H. The Morgan fingerprint density at radius 2 is 2.06 bits per heavy atom. The molecule has 0 amide bonds. The molecule has 2 aliphatic carbocycles. The van der Waals surface area contributed by atoms with Gasteiger partial charge in [-0.05, 0) is 17.7 Å². The van der Waals surface area contributed by atoms with E-state index in [0.29, 0.717) is 12.7 Å². The summed E-state index contributed by atoms with van der Waals surface area (Å²) in [5.41, 5.74) is 0. The summed E-state index contributed by atoms with van der Waals surface area (Å²) in [6.45, 7) is 4.52. The molecule has 94 valence electrons. The first-order valence-electron chi connectivity index (χ1n) is 6.26. The smallest absolute Gasteiger partial charge is 0.146 e. The average molecular weight is 255 g/mol. The second kappa shape index (κ2) is 6.39. The predicted molar refractivity (Wildman–Crippen MR) is 68.9 cm³/mol. The van der Waals surface area contributed by atoms with Gasteiger partial charge in [0.15, 0.2) is 0 Å². The van der Waals surface area contributed by atoms with Crippen molar-refractivity contribution < 1.29 is 9.47 Å². The van der Waals surface area contributed by atoms with E-state index >= 15 is 0 Å². The van der Waals surface area contributed by atoms with Crippen molar-refractivity contribution in [3.63, 3.8) is 0 Å². The van der Waals surface area contributed by atoms with Gasteiger partial charge in [0.05, 0.1) is 13.2 Å². The molecule has 0 aromatic heterocycles. The molecule has 1 heterocycles. The summed E-state index contributed by atoms with van der Waals surface area (Å²) < 4.78 is 10.3. The third-order valence-corrected chi connectivity index (χ3v) is 3.43. The van der Waals surface area contributed by atoms with E-state index in [2.05, 4.69) is 13.0 Å². The molecule has 3 heteroatoms. The lowest BCUT2D eigenvalue weighted by Crippen LogP contribution is -2.23. The molecule has 3 rings (SSSR count). The number of rotatable bonds is 3. The largest absolute Gasteiger partial charge is 0.355 e. The van der Waals surface area contributed by atoms with Crippen molar-refractivity contribution in [3.8, 4) is 0 Å². The molecule has 2 nitrogen and oxygen atoms in total. The van der Waals surface area contributed by atoms with Gasteiger partial charge in [0.25, 0.3) is 0 Å². The second-order valence-electron chi connectivity index (χ2n) is 4.56. The van der Waals surface area contributed by atoms with Gasteiger partial charge in [0, 0.05) is 16.2 Å². The lowest BCUT2D eigenvalue weighted by atomic mass is 10.0. The van der Waals surface area contributed by atoms with Crippen LogP contribution in [0.3, 0.4) is 0 Å². The zero-order chi connectivity index (χ0) is 12.1. The van der Waals surface area contributed by atoms with Crippen LogP contribution >= 0.6 is 11.6 Å². The molecule has 17 heavy (non-hydrogen) atoms. The second-order valence-corrected chi connectivity index (χ2v) is 4.97. The summed E-state index contributed by atoms with van der Waals surface area (Å²) in [6, 6.07) is 6.05. The third-order valence-electron chi connectivity index (χ3n) is 3.12. The molecular weight excluding hydrogens is 236 g/mol. The molecule has 0 bridgehead atoms. The highest BCUT2D eigenvalue weighted by Crippen LogP contribution is 2.20. The van der Waals surface area contributed by atoms with E-state index < -0.39 is 0 Å². The topological polar surface area (TPSA) is 18.5 Å². The number of hydrogen-bond acceptors (Lipinski definition) is 2. The first kappa shape index (κ1) is 12.9. The van der Waals surface area contributed by atoms with Crippen molar-refractivity contribution in [1.82, 2.24) is 0 Å². The first-order valence-corrected chi connectivity index (χ1v) is 6.64. The maximum absolute atomic E-state index is 5.60. The van der Waals surface area contributed by atoms with Gasteiger partial charge in [-0.25, -0.2) is 0 Å². The Morgan fingerprint density at radius 1 is 1.29 bits per heavy atom. The zero-order valence-corrected chi connectivity index (χ0v) is 11.0. The molecule has 0 radical (unpaired) electrons. The molecule has 1 aliphatic heterocycles. The Balaban J connectivity index is 0.000000134. The Kier molecular flexibility index (Phi) is 4.84. The van der Waals surface area contributed by atoms with Crippen molar-refractivity contribution in [2.45, 2.75) is 26.2 Å². The lowest BCUT2D eigenvalue weighted by Gasteiger charge is -2.21. The van der Waals surface area contributed by atoms with Crippen LogP contribution in [0.2, 0.25) is 5.02 Å². The molecular formula is C14H19ClO2. The van der Waals surface area contributed by atoms with Crippen LogP contribution in [0.25, 0.3) is 0 Å². The van der Waals surface area contributed by atoms with Crippen molar-refractivity contribution in [2.24, 2.45) is 5.92 Å². The van der Waals surface area contributed by atoms with Crippen LogP contribution < -0.4 is 0 Å². The summed E-state index contributed by atoms with van der Waals surface area (Å²) in [4.78, 5) is 0. The van der Waals surface area contributed by atoms with E-state index in [1.165, 1.54) is 29.7 Å². The summed E-state index contributed by atoms with van der Waals surface area (Å²) in [7, 11) is 0. The maximum Gasteiger partial charge on any atom is 0.146 e. The fourth-order valence-corrected chi connectivity index (χ4v) is 2.23. The van der Waals surface area contributed by atoms with E-state index in [1.807, 2.05) is 12.1 Å². The quantitative estimate of drug-likeness (QED) is 0.831. The zero-order valence-electron chi connectivity index (χ0n) is 10.2. The monoisotopic (exact) mass is 254 g/mol. The average Bonchev–Trinajstić information content (AvgIpc) is 2.35. The molecule has 0 N–H and O–H groups in total. The Hall–Kier alpha value is -0.570. The first-order chi connectivity index (χ1) is 8.31. The lowest BCUT2D eigenvalue weighted by molar-refractivity contribution is -0.127. The molecule has 1 saturated heterocycles. The van der Waals surface area contributed by atoms with Crippen LogP contribution in [-0.4, -0.2) is 20.0 Å². The molecule has 1 fully saturated rings. The van der Waals surface area contributed by atoms with Gasteiger partial charge in [0.2, 0.25) is 0 Å². The van der Waals surface area contributed by atoms with Crippen LogP contribution in [0.4, 0.5) is 0 Å². The third kappa shape index (κ3) is 3.44. The highest BCUT2D eigenvalue weighted by molar-refractivity contribution is 6.31. The van der Waals surface area contributed by atoms with Gasteiger partial charge in [0.1, 0.15) is 6.79 Å². The number of benzene rings is 1. The van der Waals surface area contributed by atoms with Crippen LogP contribution in [-0.2, 0) is 9.47 Å². The number of unbranched alkanes of at least 4 members (excludes halogenated alkanes) is 1. The van der Waals surface area contributed by atoms with Crippen LogP contribution in [0, 0.1) is 16.4 Å². The SMILES string of the molecule is CCCCC1COCOC1.Clc1cc2ccc1=2. The van der Waals surface area contributed by atoms with E-state index in [9.17, 15) is 0 Å². The van der Waals surface area contributed by atoms with Gasteiger partial charge >= 0.3 is 0 Å². The van der Waals surface area contributed by atoms with Crippen molar-refractivity contribution in [2.75, 3.05) is 20.0 Å². The molecule has 0 spiro atoms. The van der Waals surface area contributed by atoms with Gasteiger partial charge in [-0.3, -0.25) is 0 Å². The fourth-order valence-electron chi connectivity index (χ4n) is 1.94. The normalized spacial score (nSPS) is 17.3. The minimum atomic E-state index is 0.503. The molecule has 0 unspecified atom stereocenters. The summed E-state index contributed by atoms with van der Waals surface area (Å²) in [6.07, 6.45) is 3.84. The molecule has 0 aromatic carbocycles. The van der Waals surface area contributed by atoms with Crippen molar-refractivity contribution >= 4 is 11.6 Å². The molecule has 0 saturated carbocycles. The minimum absolute atomic E-state index is 0.503. The minimum Gasteiger partial charge on any atom is -0.355 e. The number of hydrogen-bond donors (Lipinski definition) is 0. The Labute approximate surface area is 107 Å². The van der Waals surface area contributed by atoms with Crippen LogP contribution in [0.5, 0.6) is 0 Å². The van der Waals surface area contributed by atoms with Gasteiger partial charge in [-0.15, -0.1) is 0 Å². The van der Waals surface area contributed by atoms with E-state index in [1.54, 1.807) is 0 Å². The Morgan fingerprint density at radius 3 is 2.41 bits per heavy atom. The van der Waals surface area contributed by atoms with E-state index in [-0.39, 0.29) is 0 Å². The summed E-state index contributed by atoms with van der Waals surface area (Å²) in [5.74, 6) is 0.661. The summed E-state index contributed by atoms with van der Waals surface area (Å²) in [5, 5.41) is 3.46. The molecule has 0 atom stereocenters. The van der Waals surface area contributed by atoms with Crippen molar-refractivity contribution in [3.05, 3.63) is 33.7 Å². The van der Waals surface area contributed by atoms with Crippen molar-refractivity contribution in [1.29, 1.82) is 0 Å². The Bertz CT molecular complexity index is 438. The summed E-state index contributed by atoms with van der Waals surface area (Å²) >= 11 is 5.60. The molecule has 3 aliphatic rings. The highest BCUT2D eigenvalue weighted by atomic mass is 35.5. The van der Waals surface area contributed by atoms with Gasteiger partial charge in [-0.1, -0.05) is 43.5 Å². The maximum atomic E-state index is 5.60. The highest BCUT2D eigenvalue weighted by Gasteiger charge is 2.12. The van der Waals surface area contributed by atoms with Crippen LogP contribution in [0.1, 0.15) is 26.2 Å². The van der Waals surface area contributed by atoms with Crippen LogP contribution in [0.15, 0.2) is 18.2 Å². The number of halogens is 1. The predicted octanol–water partition coefficient (Wildman–Crippen LogP) is 3.74.